The van der Waals surface area contributed by atoms with Gasteiger partial charge in [0.15, 0.2) is 0 Å². The number of nitrogens with two attached hydrogens (primary N) is 1. The zero-order valence-electron chi connectivity index (χ0n) is 11.2. The van der Waals surface area contributed by atoms with Crippen LogP contribution in [-0.4, -0.2) is 43.3 Å². The van der Waals surface area contributed by atoms with Gasteiger partial charge in [0, 0.05) is 32.3 Å². The molecule has 0 bridgehead atoms. The van der Waals surface area contributed by atoms with E-state index in [2.05, 4.69) is 11.8 Å². The van der Waals surface area contributed by atoms with E-state index >= 15 is 0 Å². The van der Waals surface area contributed by atoms with E-state index in [-0.39, 0.29) is 0 Å². The number of nitrogens with zero attached hydrogens (tertiary/aromatic N) is 1. The molecule has 1 aliphatic heterocycles. The van der Waals surface area contributed by atoms with Gasteiger partial charge >= 0.3 is 0 Å². The zero-order valence-corrected chi connectivity index (χ0v) is 11.2. The highest BCUT2D eigenvalue weighted by atomic mass is 16.5. The van der Waals surface area contributed by atoms with Crippen molar-refractivity contribution in [2.75, 3.05) is 26.2 Å². The van der Waals surface area contributed by atoms with Crippen LogP contribution in [0.1, 0.15) is 45.4 Å². The first kappa shape index (κ1) is 13.3. The number of ether oxygens (including phenoxy) is 1. The maximum Gasteiger partial charge on any atom is 0.0673 e. The molecule has 1 saturated carbocycles. The van der Waals surface area contributed by atoms with Crippen LogP contribution in [-0.2, 0) is 4.74 Å². The first-order valence-electron chi connectivity index (χ1n) is 7.35. The van der Waals surface area contributed by atoms with Crippen molar-refractivity contribution < 1.29 is 4.74 Å². The molecule has 2 atom stereocenters. The second kappa shape index (κ2) is 6.72. The highest BCUT2D eigenvalue weighted by Gasteiger charge is 2.24. The Morgan fingerprint density at radius 2 is 2.00 bits per heavy atom. The van der Waals surface area contributed by atoms with E-state index in [0.717, 1.165) is 38.6 Å². The van der Waals surface area contributed by atoms with Crippen LogP contribution in [0.2, 0.25) is 0 Å². The van der Waals surface area contributed by atoms with Gasteiger partial charge in [0.2, 0.25) is 0 Å². The molecule has 2 fully saturated rings. The monoisotopic (exact) mass is 240 g/mol. The lowest BCUT2D eigenvalue weighted by atomic mass is 9.84. The Bertz CT molecular complexity index is 216. The third-order valence-corrected chi connectivity index (χ3v) is 4.26. The lowest BCUT2D eigenvalue weighted by Crippen LogP contribution is -2.44. The summed E-state index contributed by atoms with van der Waals surface area (Å²) in [6.45, 7) is 6.37. The van der Waals surface area contributed by atoms with Gasteiger partial charge in [0.05, 0.1) is 6.10 Å². The Morgan fingerprint density at radius 1 is 1.24 bits per heavy atom. The first-order valence-corrected chi connectivity index (χ1v) is 7.35. The number of hydrogen-bond donors (Lipinski definition) is 1. The van der Waals surface area contributed by atoms with E-state index in [4.69, 9.17) is 10.5 Å². The van der Waals surface area contributed by atoms with Gasteiger partial charge in [-0.2, -0.15) is 0 Å². The minimum atomic E-state index is 0.371. The van der Waals surface area contributed by atoms with Crippen molar-refractivity contribution in [2.45, 2.75) is 57.6 Å². The summed E-state index contributed by atoms with van der Waals surface area (Å²) in [6.07, 6.45) is 8.41. The van der Waals surface area contributed by atoms with Crippen LogP contribution in [0, 0.1) is 5.92 Å². The fourth-order valence-electron chi connectivity index (χ4n) is 3.26. The smallest absolute Gasteiger partial charge is 0.0673 e. The second-order valence-electron chi connectivity index (χ2n) is 5.86. The lowest BCUT2D eigenvalue weighted by molar-refractivity contribution is 0.0655. The fraction of sp³-hybridized carbons (Fsp3) is 1.00. The lowest BCUT2D eigenvalue weighted by Gasteiger charge is -2.32. The van der Waals surface area contributed by atoms with Crippen LogP contribution in [0.3, 0.4) is 0 Å². The SMILES string of the molecule is CC1CN(CC(N)C2CCCCC2)CCCO1. The van der Waals surface area contributed by atoms with E-state index in [0.29, 0.717) is 12.1 Å². The van der Waals surface area contributed by atoms with Gasteiger partial charge in [-0.3, -0.25) is 4.90 Å². The molecule has 2 N–H and O–H groups in total. The molecule has 0 aromatic rings. The third kappa shape index (κ3) is 4.23. The largest absolute Gasteiger partial charge is 0.377 e. The molecule has 2 aliphatic rings. The van der Waals surface area contributed by atoms with Crippen molar-refractivity contribution in [1.82, 2.24) is 4.90 Å². The normalized spacial score (nSPS) is 31.1. The Labute approximate surface area is 106 Å². The summed E-state index contributed by atoms with van der Waals surface area (Å²) in [5.74, 6) is 0.767. The van der Waals surface area contributed by atoms with Crippen molar-refractivity contribution >= 4 is 0 Å². The van der Waals surface area contributed by atoms with E-state index in [9.17, 15) is 0 Å². The molecule has 0 amide bonds. The van der Waals surface area contributed by atoms with Crippen molar-refractivity contribution in [3.8, 4) is 0 Å². The van der Waals surface area contributed by atoms with E-state index < -0.39 is 0 Å². The minimum absolute atomic E-state index is 0.371. The predicted octanol–water partition coefficient (Wildman–Crippen LogP) is 2.00. The van der Waals surface area contributed by atoms with Gasteiger partial charge in [0.25, 0.3) is 0 Å². The Kier molecular flexibility index (Phi) is 5.26. The van der Waals surface area contributed by atoms with E-state index in [1.54, 1.807) is 0 Å². The molecule has 0 aromatic carbocycles. The molecule has 17 heavy (non-hydrogen) atoms. The van der Waals surface area contributed by atoms with Crippen LogP contribution in [0.4, 0.5) is 0 Å². The molecule has 3 nitrogen and oxygen atoms in total. The molecule has 100 valence electrons. The van der Waals surface area contributed by atoms with Crippen molar-refractivity contribution in [2.24, 2.45) is 11.7 Å². The highest BCUT2D eigenvalue weighted by Crippen LogP contribution is 2.26. The molecule has 1 saturated heterocycles. The Hall–Kier alpha value is -0.120. The summed E-state index contributed by atoms with van der Waals surface area (Å²) >= 11 is 0. The molecule has 1 aliphatic carbocycles. The summed E-state index contributed by atoms with van der Waals surface area (Å²) in [6, 6.07) is 0.376. The number of hydrogen-bond acceptors (Lipinski definition) is 3. The molecule has 2 unspecified atom stereocenters. The summed E-state index contributed by atoms with van der Waals surface area (Å²) in [5.41, 5.74) is 6.39. The number of rotatable bonds is 3. The van der Waals surface area contributed by atoms with Gasteiger partial charge in [-0.25, -0.2) is 0 Å². The van der Waals surface area contributed by atoms with Gasteiger partial charge in [-0.15, -0.1) is 0 Å². The van der Waals surface area contributed by atoms with Gasteiger partial charge in [0.1, 0.15) is 0 Å². The summed E-state index contributed by atoms with van der Waals surface area (Å²) in [4.78, 5) is 2.51. The zero-order chi connectivity index (χ0) is 12.1. The van der Waals surface area contributed by atoms with Crippen LogP contribution in [0.15, 0.2) is 0 Å². The molecular formula is C14H28N2O. The molecular weight excluding hydrogens is 212 g/mol. The maximum absolute atomic E-state index is 6.39. The van der Waals surface area contributed by atoms with Crippen molar-refractivity contribution in [1.29, 1.82) is 0 Å². The Balaban J connectivity index is 1.77. The average Bonchev–Trinajstić information content (AvgIpc) is 2.55. The van der Waals surface area contributed by atoms with E-state index in [1.165, 1.54) is 32.1 Å². The fourth-order valence-corrected chi connectivity index (χ4v) is 3.26. The van der Waals surface area contributed by atoms with Crippen molar-refractivity contribution in [3.05, 3.63) is 0 Å². The topological polar surface area (TPSA) is 38.5 Å². The molecule has 0 aromatic heterocycles. The summed E-state index contributed by atoms with van der Waals surface area (Å²) in [7, 11) is 0. The highest BCUT2D eigenvalue weighted by molar-refractivity contribution is 4.80. The molecule has 1 heterocycles. The van der Waals surface area contributed by atoms with Crippen LogP contribution < -0.4 is 5.73 Å². The van der Waals surface area contributed by atoms with Crippen LogP contribution in [0.5, 0.6) is 0 Å². The standard InChI is InChI=1S/C14H28N2O/c1-12-10-16(8-5-9-17-12)11-14(15)13-6-3-2-4-7-13/h12-14H,2-11,15H2,1H3. The minimum Gasteiger partial charge on any atom is -0.377 e. The molecule has 0 spiro atoms. The van der Waals surface area contributed by atoms with Gasteiger partial charge in [-0.05, 0) is 32.1 Å². The summed E-state index contributed by atoms with van der Waals surface area (Å²) in [5, 5.41) is 0. The molecule has 3 heteroatoms. The third-order valence-electron chi connectivity index (χ3n) is 4.26. The second-order valence-corrected chi connectivity index (χ2v) is 5.86. The van der Waals surface area contributed by atoms with Crippen LogP contribution in [0.25, 0.3) is 0 Å². The van der Waals surface area contributed by atoms with E-state index in [1.807, 2.05) is 0 Å². The molecule has 2 rings (SSSR count). The summed E-state index contributed by atoms with van der Waals surface area (Å²) < 4.78 is 5.68. The average molecular weight is 240 g/mol. The quantitative estimate of drug-likeness (QED) is 0.820. The maximum atomic E-state index is 6.39. The predicted molar refractivity (Wildman–Crippen MR) is 71.0 cm³/mol. The van der Waals surface area contributed by atoms with Gasteiger partial charge in [-0.1, -0.05) is 19.3 Å². The first-order chi connectivity index (χ1) is 8.25. The Morgan fingerprint density at radius 3 is 2.76 bits per heavy atom. The van der Waals surface area contributed by atoms with Crippen molar-refractivity contribution in [3.63, 3.8) is 0 Å². The van der Waals surface area contributed by atoms with Gasteiger partial charge < -0.3 is 10.5 Å². The molecule has 0 radical (unpaired) electrons. The van der Waals surface area contributed by atoms with Crippen LogP contribution >= 0.6 is 0 Å².